The van der Waals surface area contributed by atoms with Crippen molar-refractivity contribution in [1.29, 1.82) is 0 Å². The maximum atomic E-state index is 10.2. The van der Waals surface area contributed by atoms with Gasteiger partial charge in [0.25, 0.3) is 0 Å². The van der Waals surface area contributed by atoms with Crippen molar-refractivity contribution in [2.45, 2.75) is 38.2 Å². The highest BCUT2D eigenvalue weighted by atomic mass is 32.1. The zero-order valence-electron chi connectivity index (χ0n) is 8.36. The predicted octanol–water partition coefficient (Wildman–Crippen LogP) is 2.12. The number of nitrogens with zero attached hydrogens (tertiary/aromatic N) is 1. The maximum absolute atomic E-state index is 10.2. The second-order valence-electron chi connectivity index (χ2n) is 4.34. The zero-order chi connectivity index (χ0) is 10.2. The third-order valence-corrected chi connectivity index (χ3v) is 4.04. The van der Waals surface area contributed by atoms with Crippen LogP contribution in [0, 0.1) is 5.92 Å². The first-order chi connectivity index (χ1) is 6.58. The Morgan fingerprint density at radius 3 is 2.86 bits per heavy atom. The number of hydrogen-bond acceptors (Lipinski definition) is 4. The molecule has 1 aromatic rings. The van der Waals surface area contributed by atoms with Crippen molar-refractivity contribution in [2.24, 2.45) is 5.92 Å². The van der Waals surface area contributed by atoms with Gasteiger partial charge in [0.15, 0.2) is 5.13 Å². The van der Waals surface area contributed by atoms with E-state index in [9.17, 15) is 5.11 Å². The van der Waals surface area contributed by atoms with Crippen LogP contribution in [0.1, 0.15) is 37.5 Å². The fourth-order valence-corrected chi connectivity index (χ4v) is 2.64. The molecule has 1 atom stereocenters. The molecule has 1 aromatic heterocycles. The third kappa shape index (κ3) is 1.91. The second-order valence-corrected chi connectivity index (χ2v) is 5.40. The van der Waals surface area contributed by atoms with E-state index in [4.69, 9.17) is 5.73 Å². The summed E-state index contributed by atoms with van der Waals surface area (Å²) in [7, 11) is 0. The second kappa shape index (κ2) is 3.51. The van der Waals surface area contributed by atoms with E-state index in [0.717, 1.165) is 11.3 Å². The SMILES string of the molecule is CC(O)(CC1CCC1)c1cnc(N)s1. The number of aromatic nitrogens is 1. The molecule has 14 heavy (non-hydrogen) atoms. The minimum absolute atomic E-state index is 0.536. The van der Waals surface area contributed by atoms with Gasteiger partial charge in [0.1, 0.15) is 0 Å². The number of anilines is 1. The Morgan fingerprint density at radius 2 is 2.43 bits per heavy atom. The smallest absolute Gasteiger partial charge is 0.180 e. The predicted molar refractivity (Wildman–Crippen MR) is 58.1 cm³/mol. The lowest BCUT2D eigenvalue weighted by Gasteiger charge is -2.32. The number of thiazole rings is 1. The molecule has 1 heterocycles. The van der Waals surface area contributed by atoms with Crippen LogP contribution in [-0.2, 0) is 5.60 Å². The van der Waals surface area contributed by atoms with Crippen molar-refractivity contribution in [3.05, 3.63) is 11.1 Å². The van der Waals surface area contributed by atoms with E-state index in [1.54, 1.807) is 6.20 Å². The molecule has 3 nitrogen and oxygen atoms in total. The maximum Gasteiger partial charge on any atom is 0.180 e. The van der Waals surface area contributed by atoms with Gasteiger partial charge in [-0.05, 0) is 19.3 Å². The molecule has 1 saturated carbocycles. The van der Waals surface area contributed by atoms with Crippen LogP contribution >= 0.6 is 11.3 Å². The highest BCUT2D eigenvalue weighted by Gasteiger charge is 2.31. The Hall–Kier alpha value is -0.610. The number of aliphatic hydroxyl groups is 1. The Balaban J connectivity index is 2.06. The fourth-order valence-electron chi connectivity index (χ4n) is 1.90. The van der Waals surface area contributed by atoms with Crippen molar-refractivity contribution < 1.29 is 5.11 Å². The first-order valence-electron chi connectivity index (χ1n) is 5.02. The lowest BCUT2D eigenvalue weighted by atomic mass is 9.77. The number of rotatable bonds is 3. The molecule has 2 rings (SSSR count). The molecule has 1 fully saturated rings. The molecule has 0 amide bonds. The van der Waals surface area contributed by atoms with Crippen molar-refractivity contribution >= 4 is 16.5 Å². The summed E-state index contributed by atoms with van der Waals surface area (Å²) in [5.41, 5.74) is 4.81. The number of nitrogens with two attached hydrogens (primary N) is 1. The van der Waals surface area contributed by atoms with E-state index in [1.807, 2.05) is 6.92 Å². The molecule has 0 saturated heterocycles. The number of hydrogen-bond donors (Lipinski definition) is 2. The topological polar surface area (TPSA) is 59.1 Å². The van der Waals surface area contributed by atoms with Gasteiger partial charge in [-0.2, -0.15) is 0 Å². The van der Waals surface area contributed by atoms with Crippen molar-refractivity contribution in [1.82, 2.24) is 4.98 Å². The van der Waals surface area contributed by atoms with Gasteiger partial charge in [-0.3, -0.25) is 0 Å². The van der Waals surface area contributed by atoms with Gasteiger partial charge in [-0.25, -0.2) is 4.98 Å². The molecule has 3 N–H and O–H groups in total. The van der Waals surface area contributed by atoms with Gasteiger partial charge < -0.3 is 10.8 Å². The summed E-state index contributed by atoms with van der Waals surface area (Å²) in [6, 6.07) is 0. The molecule has 0 radical (unpaired) electrons. The minimum Gasteiger partial charge on any atom is -0.385 e. The molecule has 0 bridgehead atoms. The molecule has 1 aliphatic carbocycles. The van der Waals surface area contributed by atoms with Crippen LogP contribution < -0.4 is 5.73 Å². The molecule has 0 spiro atoms. The lowest BCUT2D eigenvalue weighted by Crippen LogP contribution is -2.27. The quantitative estimate of drug-likeness (QED) is 0.807. The van der Waals surface area contributed by atoms with E-state index in [-0.39, 0.29) is 0 Å². The van der Waals surface area contributed by atoms with Crippen LogP contribution in [-0.4, -0.2) is 10.1 Å². The van der Waals surface area contributed by atoms with Gasteiger partial charge in [-0.15, -0.1) is 0 Å². The Morgan fingerprint density at radius 1 is 1.71 bits per heavy atom. The zero-order valence-corrected chi connectivity index (χ0v) is 9.18. The summed E-state index contributed by atoms with van der Waals surface area (Å²) in [5, 5.41) is 10.8. The highest BCUT2D eigenvalue weighted by Crippen LogP contribution is 2.39. The minimum atomic E-state index is -0.736. The van der Waals surface area contributed by atoms with E-state index < -0.39 is 5.60 Å². The summed E-state index contributed by atoms with van der Waals surface area (Å²) >= 11 is 1.39. The summed E-state index contributed by atoms with van der Waals surface area (Å²) in [4.78, 5) is 4.86. The Kier molecular flexibility index (Phi) is 2.49. The molecular formula is C10H16N2OS. The summed E-state index contributed by atoms with van der Waals surface area (Å²) in [6.45, 7) is 1.86. The van der Waals surface area contributed by atoms with Crippen LogP contribution in [0.2, 0.25) is 0 Å². The molecule has 78 valence electrons. The van der Waals surface area contributed by atoms with Gasteiger partial charge in [0.05, 0.1) is 10.5 Å². The average molecular weight is 212 g/mol. The lowest BCUT2D eigenvalue weighted by molar-refractivity contribution is 0.0193. The van der Waals surface area contributed by atoms with Gasteiger partial charge in [0.2, 0.25) is 0 Å². The van der Waals surface area contributed by atoms with Crippen LogP contribution in [0.4, 0.5) is 5.13 Å². The van der Waals surface area contributed by atoms with Crippen LogP contribution in [0.25, 0.3) is 0 Å². The van der Waals surface area contributed by atoms with Gasteiger partial charge >= 0.3 is 0 Å². The monoisotopic (exact) mass is 212 g/mol. The molecular weight excluding hydrogens is 196 g/mol. The Labute approximate surface area is 88.0 Å². The van der Waals surface area contributed by atoms with Crippen LogP contribution in [0.15, 0.2) is 6.20 Å². The standard InChI is InChI=1S/C10H16N2OS/c1-10(13,5-7-3-2-4-7)8-6-12-9(11)14-8/h6-7,13H,2-5H2,1H3,(H2,11,12). The summed E-state index contributed by atoms with van der Waals surface area (Å²) < 4.78 is 0. The van der Waals surface area contributed by atoms with E-state index in [1.165, 1.54) is 30.6 Å². The fraction of sp³-hybridized carbons (Fsp3) is 0.700. The van der Waals surface area contributed by atoms with Crippen molar-refractivity contribution in [3.63, 3.8) is 0 Å². The molecule has 0 aliphatic heterocycles. The Bertz CT molecular complexity index is 318. The van der Waals surface area contributed by atoms with Gasteiger partial charge in [-0.1, -0.05) is 30.6 Å². The van der Waals surface area contributed by atoms with E-state index in [0.29, 0.717) is 11.0 Å². The third-order valence-electron chi connectivity index (χ3n) is 2.97. The summed E-state index contributed by atoms with van der Waals surface area (Å²) in [5.74, 6) is 0.688. The first kappa shape index (κ1) is 9.93. The largest absolute Gasteiger partial charge is 0.385 e. The van der Waals surface area contributed by atoms with Crippen molar-refractivity contribution in [2.75, 3.05) is 5.73 Å². The number of nitrogen functional groups attached to an aromatic ring is 1. The average Bonchev–Trinajstić information content (AvgIpc) is 2.45. The van der Waals surface area contributed by atoms with E-state index in [2.05, 4.69) is 4.98 Å². The first-order valence-corrected chi connectivity index (χ1v) is 5.84. The van der Waals surface area contributed by atoms with Crippen LogP contribution in [0.3, 0.4) is 0 Å². The van der Waals surface area contributed by atoms with E-state index >= 15 is 0 Å². The van der Waals surface area contributed by atoms with Gasteiger partial charge in [0, 0.05) is 6.20 Å². The van der Waals surface area contributed by atoms with Crippen molar-refractivity contribution in [3.8, 4) is 0 Å². The molecule has 1 aliphatic rings. The molecule has 1 unspecified atom stereocenters. The molecule has 0 aromatic carbocycles. The molecule has 4 heteroatoms. The normalized spacial score (nSPS) is 21.6. The summed E-state index contributed by atoms with van der Waals surface area (Å²) in [6.07, 6.45) is 6.35. The highest BCUT2D eigenvalue weighted by molar-refractivity contribution is 7.15. The van der Waals surface area contributed by atoms with Crippen LogP contribution in [0.5, 0.6) is 0 Å².